The number of unbranched alkanes of at least 4 members (excludes halogenated alkanes) is 4. The highest BCUT2D eigenvalue weighted by atomic mass is 16.5. The van der Waals surface area contributed by atoms with E-state index in [0.29, 0.717) is 6.10 Å². The Morgan fingerprint density at radius 1 is 0.680 bits per heavy atom. The van der Waals surface area contributed by atoms with Crippen LogP contribution in [0.15, 0.2) is 0 Å². The normalized spacial score (nSPS) is 38.2. The monoisotopic (exact) mass is 348 g/mol. The Morgan fingerprint density at radius 3 is 2.16 bits per heavy atom. The molecule has 0 aliphatic heterocycles. The van der Waals surface area contributed by atoms with E-state index >= 15 is 0 Å². The van der Waals surface area contributed by atoms with Crippen molar-refractivity contribution in [3.05, 3.63) is 0 Å². The molecule has 25 heavy (non-hydrogen) atoms. The van der Waals surface area contributed by atoms with Gasteiger partial charge >= 0.3 is 0 Å². The lowest BCUT2D eigenvalue weighted by Crippen LogP contribution is -2.42. The summed E-state index contributed by atoms with van der Waals surface area (Å²) >= 11 is 0. The van der Waals surface area contributed by atoms with E-state index in [4.69, 9.17) is 4.74 Å². The summed E-state index contributed by atoms with van der Waals surface area (Å²) in [7, 11) is 0. The molecule has 0 amide bonds. The SMILES string of the molecule is CCCCCCCC1CCC2C(CCC3CC(OCCC)CCC32)C1. The first-order valence-corrected chi connectivity index (χ1v) is 11.9. The number of fused-ring (bicyclic) bond motifs is 3. The molecule has 0 spiro atoms. The van der Waals surface area contributed by atoms with Crippen LogP contribution in [0, 0.1) is 29.6 Å². The number of hydrogen-bond donors (Lipinski definition) is 0. The first kappa shape index (κ1) is 19.7. The molecule has 0 saturated heterocycles. The van der Waals surface area contributed by atoms with Crippen LogP contribution in [0.2, 0.25) is 0 Å². The first-order chi connectivity index (χ1) is 12.3. The van der Waals surface area contributed by atoms with Gasteiger partial charge in [0.05, 0.1) is 6.10 Å². The molecule has 3 saturated carbocycles. The summed E-state index contributed by atoms with van der Waals surface area (Å²) in [6.45, 7) is 5.54. The van der Waals surface area contributed by atoms with Gasteiger partial charge in [0.25, 0.3) is 0 Å². The molecular formula is C24H44O. The van der Waals surface area contributed by atoms with Crippen LogP contribution in [0.25, 0.3) is 0 Å². The first-order valence-electron chi connectivity index (χ1n) is 11.9. The topological polar surface area (TPSA) is 9.23 Å². The highest BCUT2D eigenvalue weighted by Gasteiger charge is 2.44. The quantitative estimate of drug-likeness (QED) is 0.395. The Morgan fingerprint density at radius 2 is 1.40 bits per heavy atom. The van der Waals surface area contributed by atoms with E-state index in [2.05, 4.69) is 13.8 Å². The summed E-state index contributed by atoms with van der Waals surface area (Å²) in [6, 6.07) is 0. The highest BCUT2D eigenvalue weighted by Crippen LogP contribution is 2.53. The van der Waals surface area contributed by atoms with Crippen molar-refractivity contribution < 1.29 is 4.74 Å². The Kier molecular flexibility index (Phi) is 8.15. The second-order valence-electron chi connectivity index (χ2n) is 9.61. The van der Waals surface area contributed by atoms with E-state index in [-0.39, 0.29) is 0 Å². The van der Waals surface area contributed by atoms with Gasteiger partial charge in [0.15, 0.2) is 0 Å². The predicted molar refractivity (Wildman–Crippen MR) is 108 cm³/mol. The Bertz CT molecular complexity index is 365. The summed E-state index contributed by atoms with van der Waals surface area (Å²) in [6.07, 6.45) is 22.5. The molecule has 3 fully saturated rings. The largest absolute Gasteiger partial charge is 0.378 e. The third-order valence-electron chi connectivity index (χ3n) is 7.87. The Labute approximate surface area is 157 Å². The molecule has 0 N–H and O–H groups in total. The molecule has 0 radical (unpaired) electrons. The van der Waals surface area contributed by atoms with E-state index < -0.39 is 0 Å². The summed E-state index contributed by atoms with van der Waals surface area (Å²) in [5.41, 5.74) is 0. The summed E-state index contributed by atoms with van der Waals surface area (Å²) in [5, 5.41) is 0. The molecule has 0 bridgehead atoms. The van der Waals surface area contributed by atoms with Crippen molar-refractivity contribution in [1.29, 1.82) is 0 Å². The van der Waals surface area contributed by atoms with Crippen LogP contribution < -0.4 is 0 Å². The molecule has 0 aromatic rings. The fourth-order valence-electron chi connectivity index (χ4n) is 6.58. The van der Waals surface area contributed by atoms with Gasteiger partial charge in [0, 0.05) is 6.61 Å². The van der Waals surface area contributed by atoms with E-state index in [1.807, 2.05) is 0 Å². The third-order valence-corrected chi connectivity index (χ3v) is 7.87. The van der Waals surface area contributed by atoms with Gasteiger partial charge in [-0.25, -0.2) is 0 Å². The lowest BCUT2D eigenvalue weighted by molar-refractivity contribution is -0.0531. The van der Waals surface area contributed by atoms with Gasteiger partial charge in [-0.3, -0.25) is 0 Å². The summed E-state index contributed by atoms with van der Waals surface area (Å²) in [5.74, 6) is 5.31. The maximum absolute atomic E-state index is 6.11. The molecule has 6 unspecified atom stereocenters. The molecule has 1 heteroatoms. The second-order valence-corrected chi connectivity index (χ2v) is 9.61. The van der Waals surface area contributed by atoms with Crippen LogP contribution in [0.3, 0.4) is 0 Å². The van der Waals surface area contributed by atoms with Crippen molar-refractivity contribution in [3.63, 3.8) is 0 Å². The van der Waals surface area contributed by atoms with Crippen molar-refractivity contribution in [1.82, 2.24) is 0 Å². The molecule has 0 heterocycles. The second kappa shape index (κ2) is 10.3. The predicted octanol–water partition coefficient (Wildman–Crippen LogP) is 7.38. The lowest BCUT2D eigenvalue weighted by atomic mass is 9.56. The zero-order chi connectivity index (χ0) is 17.5. The summed E-state index contributed by atoms with van der Waals surface area (Å²) < 4.78 is 6.11. The number of ether oxygens (including phenoxy) is 1. The van der Waals surface area contributed by atoms with Gasteiger partial charge in [-0.2, -0.15) is 0 Å². The van der Waals surface area contributed by atoms with Crippen molar-refractivity contribution in [2.24, 2.45) is 29.6 Å². The van der Waals surface area contributed by atoms with Crippen molar-refractivity contribution in [3.8, 4) is 0 Å². The van der Waals surface area contributed by atoms with E-state index in [9.17, 15) is 0 Å². The minimum Gasteiger partial charge on any atom is -0.378 e. The fraction of sp³-hybridized carbons (Fsp3) is 1.00. The van der Waals surface area contributed by atoms with E-state index in [1.54, 1.807) is 25.7 Å². The van der Waals surface area contributed by atoms with E-state index in [0.717, 1.165) is 36.2 Å². The average Bonchev–Trinajstić information content (AvgIpc) is 2.65. The summed E-state index contributed by atoms with van der Waals surface area (Å²) in [4.78, 5) is 0. The molecular weight excluding hydrogens is 304 g/mol. The minimum atomic E-state index is 0.595. The van der Waals surface area contributed by atoms with E-state index in [1.165, 1.54) is 70.6 Å². The minimum absolute atomic E-state index is 0.595. The molecule has 6 atom stereocenters. The molecule has 0 aromatic carbocycles. The Balaban J connectivity index is 1.41. The lowest BCUT2D eigenvalue weighted by Gasteiger charge is -2.50. The van der Waals surface area contributed by atoms with Crippen molar-refractivity contribution in [2.45, 2.75) is 116 Å². The third kappa shape index (κ3) is 5.47. The highest BCUT2D eigenvalue weighted by molar-refractivity contribution is 4.94. The Hall–Kier alpha value is -0.0400. The van der Waals surface area contributed by atoms with Gasteiger partial charge in [-0.1, -0.05) is 58.8 Å². The van der Waals surface area contributed by atoms with Crippen molar-refractivity contribution >= 4 is 0 Å². The fourth-order valence-corrected chi connectivity index (χ4v) is 6.58. The zero-order valence-corrected chi connectivity index (χ0v) is 17.2. The van der Waals surface area contributed by atoms with Crippen LogP contribution in [0.4, 0.5) is 0 Å². The standard InChI is InChI=1S/C24H44O/c1-3-5-6-7-8-9-19-10-14-23-20(17-19)11-12-21-18-22(25-16-4-2)13-15-24(21)23/h19-24H,3-18H2,1-2H3. The van der Waals surface area contributed by atoms with Gasteiger partial charge in [0.1, 0.15) is 0 Å². The van der Waals surface area contributed by atoms with Gasteiger partial charge < -0.3 is 4.74 Å². The maximum Gasteiger partial charge on any atom is 0.0578 e. The zero-order valence-electron chi connectivity index (χ0n) is 17.2. The van der Waals surface area contributed by atoms with Gasteiger partial charge in [-0.15, -0.1) is 0 Å². The van der Waals surface area contributed by atoms with Crippen LogP contribution in [0.5, 0.6) is 0 Å². The van der Waals surface area contributed by atoms with Crippen molar-refractivity contribution in [2.75, 3.05) is 6.61 Å². The molecule has 3 aliphatic carbocycles. The number of hydrogen-bond acceptors (Lipinski definition) is 1. The molecule has 0 aromatic heterocycles. The van der Waals surface area contributed by atoms with Gasteiger partial charge in [-0.05, 0) is 81.0 Å². The maximum atomic E-state index is 6.11. The molecule has 146 valence electrons. The molecule has 3 aliphatic rings. The average molecular weight is 349 g/mol. The van der Waals surface area contributed by atoms with Crippen LogP contribution in [-0.2, 0) is 4.74 Å². The van der Waals surface area contributed by atoms with Gasteiger partial charge in [0.2, 0.25) is 0 Å². The van der Waals surface area contributed by atoms with Crippen LogP contribution in [0.1, 0.15) is 110 Å². The van der Waals surface area contributed by atoms with Crippen LogP contribution >= 0.6 is 0 Å². The number of rotatable bonds is 9. The molecule has 3 rings (SSSR count). The molecule has 1 nitrogen and oxygen atoms in total. The smallest absolute Gasteiger partial charge is 0.0578 e. The van der Waals surface area contributed by atoms with Crippen LogP contribution in [-0.4, -0.2) is 12.7 Å².